The van der Waals surface area contributed by atoms with Crippen LogP contribution in [-0.4, -0.2) is 48.8 Å². The Balaban J connectivity index is 1.21. The van der Waals surface area contributed by atoms with Crippen molar-refractivity contribution in [2.45, 2.75) is 75.9 Å². The largest absolute Gasteiger partial charge is 0.375 e. The summed E-state index contributed by atoms with van der Waals surface area (Å²) in [4.78, 5) is 14.6. The molecule has 1 amide bonds. The van der Waals surface area contributed by atoms with Crippen molar-refractivity contribution >= 4 is 5.91 Å². The molecule has 0 aromatic carbocycles. The first-order valence-corrected chi connectivity index (χ1v) is 9.76. The number of hydrogen-bond donors (Lipinski definition) is 0. The standard InChI is InChI=1S/C19H31NO3/c21-18(11-15-3-1-2-4-15)20-9-7-19(8-10-20)12-17(14-23-19)22-13-16-5-6-16/h15-17H,1-14H2. The van der Waals surface area contributed by atoms with Crippen LogP contribution in [0.3, 0.4) is 0 Å². The van der Waals surface area contributed by atoms with Gasteiger partial charge in [-0.15, -0.1) is 0 Å². The molecule has 2 heterocycles. The number of hydrogen-bond acceptors (Lipinski definition) is 3. The van der Waals surface area contributed by atoms with E-state index in [0.717, 1.165) is 57.9 Å². The van der Waals surface area contributed by atoms with Gasteiger partial charge in [0.1, 0.15) is 0 Å². The normalized spacial score (nSPS) is 31.1. The predicted octanol–water partition coefficient (Wildman–Crippen LogP) is 3.14. The lowest BCUT2D eigenvalue weighted by molar-refractivity contribution is -0.137. The first-order valence-electron chi connectivity index (χ1n) is 9.76. The van der Waals surface area contributed by atoms with Crippen LogP contribution in [-0.2, 0) is 14.3 Å². The maximum absolute atomic E-state index is 12.5. The van der Waals surface area contributed by atoms with Crippen molar-refractivity contribution < 1.29 is 14.3 Å². The van der Waals surface area contributed by atoms with Gasteiger partial charge in [0, 0.05) is 32.5 Å². The molecule has 4 aliphatic rings. The fourth-order valence-corrected chi connectivity index (χ4v) is 4.57. The van der Waals surface area contributed by atoms with Crippen molar-refractivity contribution in [1.82, 2.24) is 4.90 Å². The molecule has 4 fully saturated rings. The SMILES string of the molecule is O=C(CC1CCCC1)N1CCC2(CC1)CC(OCC1CC1)CO2. The third-order valence-corrected chi connectivity index (χ3v) is 6.41. The van der Waals surface area contributed by atoms with Gasteiger partial charge in [0.05, 0.1) is 18.3 Å². The third kappa shape index (κ3) is 3.90. The highest BCUT2D eigenvalue weighted by molar-refractivity contribution is 5.76. The molecule has 2 saturated carbocycles. The highest BCUT2D eigenvalue weighted by atomic mass is 16.6. The molecule has 4 heteroatoms. The molecule has 23 heavy (non-hydrogen) atoms. The Morgan fingerprint density at radius 2 is 1.83 bits per heavy atom. The van der Waals surface area contributed by atoms with E-state index in [1.54, 1.807) is 0 Å². The second-order valence-corrected chi connectivity index (χ2v) is 8.33. The zero-order chi connectivity index (χ0) is 15.7. The van der Waals surface area contributed by atoms with Gasteiger partial charge in [-0.05, 0) is 50.4 Å². The summed E-state index contributed by atoms with van der Waals surface area (Å²) in [5, 5.41) is 0. The zero-order valence-electron chi connectivity index (χ0n) is 14.3. The number of piperidine rings is 1. The topological polar surface area (TPSA) is 38.8 Å². The van der Waals surface area contributed by atoms with Crippen molar-refractivity contribution in [2.75, 3.05) is 26.3 Å². The number of carbonyl (C=O) groups is 1. The molecule has 4 rings (SSSR count). The van der Waals surface area contributed by atoms with Crippen molar-refractivity contribution in [1.29, 1.82) is 0 Å². The third-order valence-electron chi connectivity index (χ3n) is 6.41. The van der Waals surface area contributed by atoms with Crippen molar-refractivity contribution in [3.8, 4) is 0 Å². The minimum atomic E-state index is -0.00163. The molecule has 0 bridgehead atoms. The molecule has 2 aliphatic carbocycles. The van der Waals surface area contributed by atoms with Gasteiger partial charge < -0.3 is 14.4 Å². The van der Waals surface area contributed by atoms with E-state index >= 15 is 0 Å². The van der Waals surface area contributed by atoms with E-state index in [1.807, 2.05) is 0 Å². The maximum Gasteiger partial charge on any atom is 0.222 e. The number of rotatable bonds is 5. The summed E-state index contributed by atoms with van der Waals surface area (Å²) in [6.45, 7) is 3.43. The van der Waals surface area contributed by atoms with Crippen LogP contribution in [0.5, 0.6) is 0 Å². The number of carbonyl (C=O) groups excluding carboxylic acids is 1. The monoisotopic (exact) mass is 321 g/mol. The highest BCUT2D eigenvalue weighted by Crippen LogP contribution is 2.38. The van der Waals surface area contributed by atoms with Crippen molar-refractivity contribution in [3.05, 3.63) is 0 Å². The molecule has 4 nitrogen and oxygen atoms in total. The summed E-state index contributed by atoms with van der Waals surface area (Å²) in [5.74, 6) is 1.86. The number of likely N-dealkylation sites (tertiary alicyclic amines) is 1. The van der Waals surface area contributed by atoms with Crippen LogP contribution in [0.1, 0.15) is 64.2 Å². The lowest BCUT2D eigenvalue weighted by Gasteiger charge is -2.39. The minimum Gasteiger partial charge on any atom is -0.375 e. The molecule has 2 saturated heterocycles. The highest BCUT2D eigenvalue weighted by Gasteiger charge is 2.44. The van der Waals surface area contributed by atoms with Gasteiger partial charge >= 0.3 is 0 Å². The van der Waals surface area contributed by atoms with E-state index < -0.39 is 0 Å². The molecule has 0 N–H and O–H groups in total. The van der Waals surface area contributed by atoms with Crippen LogP contribution in [0.15, 0.2) is 0 Å². The number of ether oxygens (including phenoxy) is 2. The van der Waals surface area contributed by atoms with Gasteiger partial charge in [0.25, 0.3) is 0 Å². The fraction of sp³-hybridized carbons (Fsp3) is 0.947. The van der Waals surface area contributed by atoms with Crippen LogP contribution in [0.2, 0.25) is 0 Å². The molecule has 1 atom stereocenters. The minimum absolute atomic E-state index is 0.00163. The van der Waals surface area contributed by atoms with Crippen molar-refractivity contribution in [2.24, 2.45) is 11.8 Å². The molecule has 0 aromatic rings. The lowest BCUT2D eigenvalue weighted by Crippen LogP contribution is -2.46. The molecule has 1 unspecified atom stereocenters. The Morgan fingerprint density at radius 3 is 2.52 bits per heavy atom. The summed E-state index contributed by atoms with van der Waals surface area (Å²) in [7, 11) is 0. The van der Waals surface area contributed by atoms with E-state index in [4.69, 9.17) is 9.47 Å². The second-order valence-electron chi connectivity index (χ2n) is 8.33. The predicted molar refractivity (Wildman–Crippen MR) is 88.2 cm³/mol. The Bertz CT molecular complexity index is 420. The Kier molecular flexibility index (Phi) is 4.64. The summed E-state index contributed by atoms with van der Waals surface area (Å²) < 4.78 is 12.2. The molecule has 2 aliphatic heterocycles. The summed E-state index contributed by atoms with van der Waals surface area (Å²) >= 11 is 0. The molecule has 1 spiro atoms. The van der Waals surface area contributed by atoms with Crippen LogP contribution in [0.4, 0.5) is 0 Å². The fourth-order valence-electron chi connectivity index (χ4n) is 4.57. The van der Waals surface area contributed by atoms with Gasteiger partial charge in [-0.25, -0.2) is 0 Å². The molecule has 0 radical (unpaired) electrons. The smallest absolute Gasteiger partial charge is 0.222 e. The van der Waals surface area contributed by atoms with Gasteiger partial charge in [0.15, 0.2) is 0 Å². The lowest BCUT2D eigenvalue weighted by atomic mass is 9.87. The second kappa shape index (κ2) is 6.72. The first-order chi connectivity index (χ1) is 11.2. The van der Waals surface area contributed by atoms with E-state index in [2.05, 4.69) is 4.90 Å². The Hall–Kier alpha value is -0.610. The van der Waals surface area contributed by atoms with Gasteiger partial charge in [0.2, 0.25) is 5.91 Å². The average Bonchev–Trinajstić information content (AvgIpc) is 3.10. The molecule has 0 aromatic heterocycles. The van der Waals surface area contributed by atoms with Crippen LogP contribution < -0.4 is 0 Å². The first kappa shape index (κ1) is 15.9. The van der Waals surface area contributed by atoms with E-state index in [-0.39, 0.29) is 11.7 Å². The van der Waals surface area contributed by atoms with Gasteiger partial charge in [-0.3, -0.25) is 4.79 Å². The maximum atomic E-state index is 12.5. The van der Waals surface area contributed by atoms with Gasteiger partial charge in [-0.1, -0.05) is 12.8 Å². The van der Waals surface area contributed by atoms with Crippen molar-refractivity contribution in [3.63, 3.8) is 0 Å². The van der Waals surface area contributed by atoms with E-state index in [1.165, 1.54) is 38.5 Å². The Morgan fingerprint density at radius 1 is 1.09 bits per heavy atom. The molecular formula is C19H31NO3. The van der Waals surface area contributed by atoms with Crippen LogP contribution >= 0.6 is 0 Å². The van der Waals surface area contributed by atoms with Crippen LogP contribution in [0.25, 0.3) is 0 Å². The molecule has 130 valence electrons. The summed E-state index contributed by atoms with van der Waals surface area (Å²) in [6, 6.07) is 0. The Labute approximate surface area is 139 Å². The summed E-state index contributed by atoms with van der Waals surface area (Å²) in [6.07, 6.45) is 11.9. The summed E-state index contributed by atoms with van der Waals surface area (Å²) in [5.41, 5.74) is -0.00163. The van der Waals surface area contributed by atoms with Crippen LogP contribution in [0, 0.1) is 11.8 Å². The van der Waals surface area contributed by atoms with Gasteiger partial charge in [-0.2, -0.15) is 0 Å². The number of amides is 1. The zero-order valence-corrected chi connectivity index (χ0v) is 14.3. The average molecular weight is 321 g/mol. The quantitative estimate of drug-likeness (QED) is 0.781. The molecular weight excluding hydrogens is 290 g/mol. The van der Waals surface area contributed by atoms with E-state index in [9.17, 15) is 4.79 Å². The van der Waals surface area contributed by atoms with E-state index in [0.29, 0.717) is 11.8 Å². The number of nitrogens with zero attached hydrogens (tertiary/aromatic N) is 1.